The Kier molecular flexibility index (Phi) is 6.22. The molecule has 1 aromatic heterocycles. The quantitative estimate of drug-likeness (QED) is 0.801. The fraction of sp³-hybridized carbons (Fsp3) is 0.647. The molecule has 1 aliphatic rings. The van der Waals surface area contributed by atoms with Crippen LogP contribution in [0.25, 0.3) is 0 Å². The first-order chi connectivity index (χ1) is 10.1. The number of anilines is 1. The number of amides is 1. The van der Waals surface area contributed by atoms with Crippen molar-refractivity contribution in [1.82, 2.24) is 4.98 Å². The van der Waals surface area contributed by atoms with Crippen molar-refractivity contribution in [1.29, 1.82) is 0 Å². The summed E-state index contributed by atoms with van der Waals surface area (Å²) >= 11 is 3.39. The van der Waals surface area contributed by atoms with Gasteiger partial charge in [-0.05, 0) is 66.1 Å². The standard InChI is InChI=1S/C17H25BrN2O/c1-3-4-5-13-6-8-14(9-7-13)17(21)20-16-12(2)10-15(18)11-19-16/h10-11,13-14H,3-9H2,1-2H3,(H,19,20,21). The van der Waals surface area contributed by atoms with Gasteiger partial charge in [0.2, 0.25) is 5.91 Å². The highest BCUT2D eigenvalue weighted by molar-refractivity contribution is 9.10. The Hall–Kier alpha value is -0.900. The van der Waals surface area contributed by atoms with Crippen LogP contribution in [0.5, 0.6) is 0 Å². The second kappa shape index (κ2) is 7.92. The molecule has 1 heterocycles. The number of unbranched alkanes of at least 4 members (excludes halogenated alkanes) is 1. The average molecular weight is 353 g/mol. The van der Waals surface area contributed by atoms with E-state index >= 15 is 0 Å². The van der Waals surface area contributed by atoms with E-state index in [0.29, 0.717) is 5.82 Å². The lowest BCUT2D eigenvalue weighted by molar-refractivity contribution is -0.121. The molecule has 1 amide bonds. The third kappa shape index (κ3) is 4.80. The number of aryl methyl sites for hydroxylation is 1. The van der Waals surface area contributed by atoms with Crippen molar-refractivity contribution in [2.45, 2.75) is 58.8 Å². The van der Waals surface area contributed by atoms with Crippen molar-refractivity contribution in [3.63, 3.8) is 0 Å². The molecule has 1 N–H and O–H groups in total. The van der Waals surface area contributed by atoms with Crippen LogP contribution in [-0.4, -0.2) is 10.9 Å². The Morgan fingerprint density at radius 1 is 1.38 bits per heavy atom. The van der Waals surface area contributed by atoms with E-state index in [0.717, 1.165) is 28.8 Å². The zero-order valence-corrected chi connectivity index (χ0v) is 14.6. The normalized spacial score (nSPS) is 22.0. The first-order valence-corrected chi connectivity index (χ1v) is 8.82. The summed E-state index contributed by atoms with van der Waals surface area (Å²) in [6.45, 7) is 4.21. The van der Waals surface area contributed by atoms with Crippen LogP contribution in [0.2, 0.25) is 0 Å². The van der Waals surface area contributed by atoms with Gasteiger partial charge >= 0.3 is 0 Å². The predicted molar refractivity (Wildman–Crippen MR) is 90.3 cm³/mol. The van der Waals surface area contributed by atoms with Crippen LogP contribution in [0, 0.1) is 18.8 Å². The van der Waals surface area contributed by atoms with Gasteiger partial charge in [-0.3, -0.25) is 4.79 Å². The van der Waals surface area contributed by atoms with Crippen molar-refractivity contribution in [3.05, 3.63) is 22.3 Å². The van der Waals surface area contributed by atoms with E-state index in [2.05, 4.69) is 33.2 Å². The van der Waals surface area contributed by atoms with Gasteiger partial charge in [0.1, 0.15) is 5.82 Å². The highest BCUT2D eigenvalue weighted by Crippen LogP contribution is 2.32. The molecule has 0 bridgehead atoms. The number of hydrogen-bond acceptors (Lipinski definition) is 2. The lowest BCUT2D eigenvalue weighted by atomic mass is 9.79. The van der Waals surface area contributed by atoms with Crippen molar-refractivity contribution < 1.29 is 4.79 Å². The Morgan fingerprint density at radius 3 is 2.71 bits per heavy atom. The number of rotatable bonds is 5. The van der Waals surface area contributed by atoms with Gasteiger partial charge in [-0.25, -0.2) is 4.98 Å². The molecule has 2 rings (SSSR count). The van der Waals surface area contributed by atoms with Crippen molar-refractivity contribution >= 4 is 27.7 Å². The van der Waals surface area contributed by atoms with Crippen LogP contribution in [0.4, 0.5) is 5.82 Å². The summed E-state index contributed by atoms with van der Waals surface area (Å²) in [7, 11) is 0. The second-order valence-corrected chi connectivity index (χ2v) is 7.08. The highest BCUT2D eigenvalue weighted by Gasteiger charge is 2.26. The molecule has 1 fully saturated rings. The summed E-state index contributed by atoms with van der Waals surface area (Å²) in [5.41, 5.74) is 0.995. The smallest absolute Gasteiger partial charge is 0.228 e. The van der Waals surface area contributed by atoms with E-state index in [1.165, 1.54) is 32.1 Å². The van der Waals surface area contributed by atoms with Gasteiger partial charge in [-0.1, -0.05) is 26.2 Å². The van der Waals surface area contributed by atoms with Gasteiger partial charge in [-0.2, -0.15) is 0 Å². The van der Waals surface area contributed by atoms with Gasteiger partial charge in [0, 0.05) is 16.6 Å². The number of carbonyl (C=O) groups is 1. The van der Waals surface area contributed by atoms with Crippen molar-refractivity contribution in [3.8, 4) is 0 Å². The number of carbonyl (C=O) groups excluding carboxylic acids is 1. The lowest BCUT2D eigenvalue weighted by Crippen LogP contribution is -2.27. The van der Waals surface area contributed by atoms with Gasteiger partial charge < -0.3 is 5.32 Å². The fourth-order valence-corrected chi connectivity index (χ4v) is 3.54. The Labute approximate surface area is 136 Å². The fourth-order valence-electron chi connectivity index (χ4n) is 3.10. The summed E-state index contributed by atoms with van der Waals surface area (Å²) in [5.74, 6) is 1.83. The van der Waals surface area contributed by atoms with Crippen LogP contribution in [0.1, 0.15) is 57.4 Å². The average Bonchev–Trinajstić information content (AvgIpc) is 2.48. The molecule has 1 aromatic rings. The molecule has 3 nitrogen and oxygen atoms in total. The molecule has 0 spiro atoms. The molecular weight excluding hydrogens is 328 g/mol. The number of aromatic nitrogens is 1. The maximum Gasteiger partial charge on any atom is 0.228 e. The number of nitrogens with zero attached hydrogens (tertiary/aromatic N) is 1. The molecule has 116 valence electrons. The number of halogens is 1. The van der Waals surface area contributed by atoms with E-state index in [1.807, 2.05) is 13.0 Å². The number of pyridine rings is 1. The summed E-state index contributed by atoms with van der Waals surface area (Å²) in [4.78, 5) is 16.7. The zero-order valence-electron chi connectivity index (χ0n) is 13.0. The van der Waals surface area contributed by atoms with Crippen LogP contribution >= 0.6 is 15.9 Å². The molecule has 21 heavy (non-hydrogen) atoms. The van der Waals surface area contributed by atoms with Gasteiger partial charge in [0.25, 0.3) is 0 Å². The van der Waals surface area contributed by atoms with E-state index in [9.17, 15) is 4.79 Å². The minimum Gasteiger partial charge on any atom is -0.310 e. The monoisotopic (exact) mass is 352 g/mol. The zero-order chi connectivity index (χ0) is 15.2. The summed E-state index contributed by atoms with van der Waals surface area (Å²) in [6, 6.07) is 1.98. The number of hydrogen-bond donors (Lipinski definition) is 1. The highest BCUT2D eigenvalue weighted by atomic mass is 79.9. The lowest BCUT2D eigenvalue weighted by Gasteiger charge is -2.27. The molecule has 1 saturated carbocycles. The van der Waals surface area contributed by atoms with Gasteiger partial charge in [-0.15, -0.1) is 0 Å². The molecule has 0 aromatic carbocycles. The maximum absolute atomic E-state index is 12.4. The minimum atomic E-state index is 0.141. The minimum absolute atomic E-state index is 0.141. The topological polar surface area (TPSA) is 42.0 Å². The molecule has 0 atom stereocenters. The van der Waals surface area contributed by atoms with Crippen LogP contribution in [-0.2, 0) is 4.79 Å². The Morgan fingerprint density at radius 2 is 2.10 bits per heavy atom. The third-order valence-electron chi connectivity index (χ3n) is 4.47. The van der Waals surface area contributed by atoms with Crippen LogP contribution in [0.3, 0.4) is 0 Å². The Bertz CT molecular complexity index is 482. The van der Waals surface area contributed by atoms with E-state index in [-0.39, 0.29) is 11.8 Å². The SMILES string of the molecule is CCCCC1CCC(C(=O)Nc2ncc(Br)cc2C)CC1. The van der Waals surface area contributed by atoms with E-state index < -0.39 is 0 Å². The number of nitrogens with one attached hydrogen (secondary N) is 1. The molecule has 0 aliphatic heterocycles. The molecular formula is C17H25BrN2O. The third-order valence-corrected chi connectivity index (χ3v) is 4.90. The molecule has 0 radical (unpaired) electrons. The van der Waals surface area contributed by atoms with E-state index in [4.69, 9.17) is 0 Å². The molecule has 0 saturated heterocycles. The molecule has 4 heteroatoms. The van der Waals surface area contributed by atoms with Gasteiger partial charge in [0.15, 0.2) is 0 Å². The van der Waals surface area contributed by atoms with Gasteiger partial charge in [0.05, 0.1) is 0 Å². The van der Waals surface area contributed by atoms with Crippen LogP contribution in [0.15, 0.2) is 16.7 Å². The van der Waals surface area contributed by atoms with E-state index in [1.54, 1.807) is 6.20 Å². The molecule has 0 unspecified atom stereocenters. The van der Waals surface area contributed by atoms with Crippen molar-refractivity contribution in [2.75, 3.05) is 5.32 Å². The van der Waals surface area contributed by atoms with Crippen molar-refractivity contribution in [2.24, 2.45) is 11.8 Å². The first-order valence-electron chi connectivity index (χ1n) is 8.03. The molecule has 1 aliphatic carbocycles. The summed E-state index contributed by atoms with van der Waals surface area (Å²) < 4.78 is 0.939. The summed E-state index contributed by atoms with van der Waals surface area (Å²) in [6.07, 6.45) is 10.1. The summed E-state index contributed by atoms with van der Waals surface area (Å²) in [5, 5.41) is 2.99. The largest absolute Gasteiger partial charge is 0.310 e. The first kappa shape index (κ1) is 16.5. The Balaban J connectivity index is 1.84. The second-order valence-electron chi connectivity index (χ2n) is 6.17. The van der Waals surface area contributed by atoms with Crippen LogP contribution < -0.4 is 5.32 Å². The maximum atomic E-state index is 12.4. The predicted octanol–water partition coefficient (Wildman–Crippen LogP) is 5.09.